The van der Waals surface area contributed by atoms with Crippen LogP contribution in [0.1, 0.15) is 6.92 Å². The average molecular weight is 212 g/mol. The van der Waals surface area contributed by atoms with Crippen molar-refractivity contribution in [3.63, 3.8) is 0 Å². The van der Waals surface area contributed by atoms with Crippen molar-refractivity contribution in [3.05, 3.63) is 0 Å². The standard InChI is InChI=1S/C8H15F3N2O/c1-6-4-12-2-3-13(6)5-7(14)8(9,10)11/h6-7,12,14H,2-5H2,1H3. The maximum absolute atomic E-state index is 12.0. The zero-order chi connectivity index (χ0) is 10.8. The van der Waals surface area contributed by atoms with Gasteiger partial charge in [0.05, 0.1) is 0 Å². The van der Waals surface area contributed by atoms with Crippen molar-refractivity contribution in [1.29, 1.82) is 0 Å². The molecule has 0 aromatic rings. The van der Waals surface area contributed by atoms with Gasteiger partial charge in [-0.2, -0.15) is 13.2 Å². The van der Waals surface area contributed by atoms with Crippen LogP contribution < -0.4 is 5.32 Å². The van der Waals surface area contributed by atoms with Crippen molar-refractivity contribution in [3.8, 4) is 0 Å². The number of nitrogens with zero attached hydrogens (tertiary/aromatic N) is 1. The molecule has 14 heavy (non-hydrogen) atoms. The fourth-order valence-electron chi connectivity index (χ4n) is 1.48. The first-order valence-corrected chi connectivity index (χ1v) is 4.61. The van der Waals surface area contributed by atoms with Crippen LogP contribution in [0.25, 0.3) is 0 Å². The monoisotopic (exact) mass is 212 g/mol. The largest absolute Gasteiger partial charge is 0.415 e. The summed E-state index contributed by atoms with van der Waals surface area (Å²) in [6, 6.07) is 0.0424. The number of nitrogens with one attached hydrogen (secondary N) is 1. The lowest BCUT2D eigenvalue weighted by Crippen LogP contribution is -2.53. The SMILES string of the molecule is CC1CNCCN1CC(O)C(F)(F)F. The van der Waals surface area contributed by atoms with Crippen molar-refractivity contribution < 1.29 is 18.3 Å². The normalized spacial score (nSPS) is 27.6. The lowest BCUT2D eigenvalue weighted by Gasteiger charge is -2.35. The molecule has 1 aliphatic rings. The molecule has 0 saturated carbocycles. The molecule has 0 bridgehead atoms. The number of halogens is 3. The number of aliphatic hydroxyl groups excluding tert-OH is 1. The van der Waals surface area contributed by atoms with Crippen molar-refractivity contribution in [2.24, 2.45) is 0 Å². The lowest BCUT2D eigenvalue weighted by atomic mass is 10.2. The highest BCUT2D eigenvalue weighted by Crippen LogP contribution is 2.21. The summed E-state index contributed by atoms with van der Waals surface area (Å²) < 4.78 is 36.1. The van der Waals surface area contributed by atoms with E-state index in [1.807, 2.05) is 6.92 Å². The Labute approximate surface area is 80.9 Å². The molecule has 0 spiro atoms. The van der Waals surface area contributed by atoms with Gasteiger partial charge in [0.15, 0.2) is 6.10 Å². The molecule has 2 unspecified atom stereocenters. The van der Waals surface area contributed by atoms with E-state index in [1.54, 1.807) is 4.90 Å². The molecule has 0 aliphatic carbocycles. The van der Waals surface area contributed by atoms with Gasteiger partial charge in [-0.3, -0.25) is 4.90 Å². The summed E-state index contributed by atoms with van der Waals surface area (Å²) in [5.41, 5.74) is 0. The molecule has 0 amide bonds. The Balaban J connectivity index is 2.42. The first-order valence-electron chi connectivity index (χ1n) is 4.61. The van der Waals surface area contributed by atoms with Crippen molar-refractivity contribution in [1.82, 2.24) is 10.2 Å². The van der Waals surface area contributed by atoms with Gasteiger partial charge >= 0.3 is 6.18 Å². The molecule has 1 aliphatic heterocycles. The van der Waals surface area contributed by atoms with E-state index in [-0.39, 0.29) is 12.6 Å². The van der Waals surface area contributed by atoms with E-state index >= 15 is 0 Å². The van der Waals surface area contributed by atoms with Crippen LogP contribution in [0.3, 0.4) is 0 Å². The number of aliphatic hydroxyl groups is 1. The summed E-state index contributed by atoms with van der Waals surface area (Å²) >= 11 is 0. The molecule has 2 N–H and O–H groups in total. The van der Waals surface area contributed by atoms with E-state index in [2.05, 4.69) is 5.32 Å². The molecule has 0 aromatic heterocycles. The van der Waals surface area contributed by atoms with E-state index in [1.165, 1.54) is 0 Å². The predicted molar refractivity (Wildman–Crippen MR) is 46.0 cm³/mol. The summed E-state index contributed by atoms with van der Waals surface area (Å²) in [6.07, 6.45) is -6.74. The van der Waals surface area contributed by atoms with Crippen molar-refractivity contribution in [2.75, 3.05) is 26.2 Å². The first-order chi connectivity index (χ1) is 6.41. The third kappa shape index (κ3) is 3.11. The highest BCUT2D eigenvalue weighted by molar-refractivity contribution is 4.80. The highest BCUT2D eigenvalue weighted by atomic mass is 19.4. The minimum Gasteiger partial charge on any atom is -0.382 e. The molecular weight excluding hydrogens is 197 g/mol. The van der Waals surface area contributed by atoms with Crippen LogP contribution in [0.4, 0.5) is 13.2 Å². The third-order valence-corrected chi connectivity index (χ3v) is 2.42. The maximum atomic E-state index is 12.0. The fourth-order valence-corrected chi connectivity index (χ4v) is 1.48. The second kappa shape index (κ2) is 4.46. The number of alkyl halides is 3. The van der Waals surface area contributed by atoms with Crippen LogP contribution in [0.5, 0.6) is 0 Å². The van der Waals surface area contributed by atoms with E-state index < -0.39 is 12.3 Å². The average Bonchev–Trinajstić information content (AvgIpc) is 2.07. The summed E-state index contributed by atoms with van der Waals surface area (Å²) in [5.74, 6) is 0. The zero-order valence-corrected chi connectivity index (χ0v) is 8.01. The van der Waals surface area contributed by atoms with Gasteiger partial charge in [-0.1, -0.05) is 0 Å². The van der Waals surface area contributed by atoms with Gasteiger partial charge in [-0.15, -0.1) is 0 Å². The molecule has 0 radical (unpaired) electrons. The summed E-state index contributed by atoms with van der Waals surface area (Å²) in [7, 11) is 0. The summed E-state index contributed by atoms with van der Waals surface area (Å²) in [4.78, 5) is 1.65. The summed E-state index contributed by atoms with van der Waals surface area (Å²) in [6.45, 7) is 3.41. The molecule has 84 valence electrons. The number of β-amino-alcohol motifs (C(OH)–C–C–N with tert-alkyl or cyclic N) is 1. The van der Waals surface area contributed by atoms with Gasteiger partial charge in [0.1, 0.15) is 0 Å². The predicted octanol–water partition coefficient (Wildman–Crippen LogP) is 0.203. The number of hydrogen-bond acceptors (Lipinski definition) is 3. The number of rotatable bonds is 2. The molecule has 2 atom stereocenters. The molecule has 1 saturated heterocycles. The van der Waals surface area contributed by atoms with Crippen LogP contribution in [0.2, 0.25) is 0 Å². The number of piperazine rings is 1. The first kappa shape index (κ1) is 11.7. The lowest BCUT2D eigenvalue weighted by molar-refractivity contribution is -0.209. The van der Waals surface area contributed by atoms with E-state index in [0.29, 0.717) is 19.6 Å². The Morgan fingerprint density at radius 2 is 2.21 bits per heavy atom. The quantitative estimate of drug-likeness (QED) is 0.686. The second-order valence-electron chi connectivity index (χ2n) is 3.61. The van der Waals surface area contributed by atoms with Crippen LogP contribution in [0, 0.1) is 0 Å². The van der Waals surface area contributed by atoms with Gasteiger partial charge in [-0.05, 0) is 6.92 Å². The molecule has 6 heteroatoms. The topological polar surface area (TPSA) is 35.5 Å². The minimum atomic E-state index is -4.51. The van der Waals surface area contributed by atoms with Gasteiger partial charge in [0.25, 0.3) is 0 Å². The van der Waals surface area contributed by atoms with Crippen molar-refractivity contribution in [2.45, 2.75) is 25.2 Å². The van der Waals surface area contributed by atoms with Crippen molar-refractivity contribution >= 4 is 0 Å². The minimum absolute atomic E-state index is 0.0424. The van der Waals surface area contributed by atoms with Crippen LogP contribution >= 0.6 is 0 Å². The van der Waals surface area contributed by atoms with Crippen LogP contribution in [-0.4, -0.2) is 54.5 Å². The third-order valence-electron chi connectivity index (χ3n) is 2.42. The van der Waals surface area contributed by atoms with Gasteiger partial charge in [0, 0.05) is 32.2 Å². The number of hydrogen-bond donors (Lipinski definition) is 2. The molecular formula is C8H15F3N2O. The Morgan fingerprint density at radius 1 is 1.57 bits per heavy atom. The highest BCUT2D eigenvalue weighted by Gasteiger charge is 2.39. The van der Waals surface area contributed by atoms with E-state index in [4.69, 9.17) is 5.11 Å². The van der Waals surface area contributed by atoms with Gasteiger partial charge in [-0.25, -0.2) is 0 Å². The Bertz CT molecular complexity index is 186. The smallest absolute Gasteiger partial charge is 0.382 e. The fraction of sp³-hybridized carbons (Fsp3) is 1.00. The Kier molecular flexibility index (Phi) is 3.74. The molecule has 1 fully saturated rings. The van der Waals surface area contributed by atoms with E-state index in [9.17, 15) is 13.2 Å². The molecule has 1 heterocycles. The zero-order valence-electron chi connectivity index (χ0n) is 8.01. The van der Waals surface area contributed by atoms with Gasteiger partial charge in [0.2, 0.25) is 0 Å². The molecule has 0 aromatic carbocycles. The molecule has 3 nitrogen and oxygen atoms in total. The summed E-state index contributed by atoms with van der Waals surface area (Å²) in [5, 5.41) is 11.9. The van der Waals surface area contributed by atoms with Gasteiger partial charge < -0.3 is 10.4 Å². The molecule has 1 rings (SSSR count). The van der Waals surface area contributed by atoms with Crippen LogP contribution in [-0.2, 0) is 0 Å². The second-order valence-corrected chi connectivity index (χ2v) is 3.61. The maximum Gasteiger partial charge on any atom is 0.415 e. The van der Waals surface area contributed by atoms with Crippen LogP contribution in [0.15, 0.2) is 0 Å². The Morgan fingerprint density at radius 3 is 2.71 bits per heavy atom. The van der Waals surface area contributed by atoms with E-state index in [0.717, 1.165) is 0 Å². The Hall–Kier alpha value is -0.330.